The Morgan fingerprint density at radius 1 is 1.53 bits per heavy atom. The minimum Gasteiger partial charge on any atom is -0.393 e. The third kappa shape index (κ3) is 2.82. The molecule has 0 radical (unpaired) electrons. The van der Waals surface area contributed by atoms with Crippen molar-refractivity contribution in [2.75, 3.05) is 12.8 Å². The van der Waals surface area contributed by atoms with Crippen LogP contribution in [0.2, 0.25) is 0 Å². The zero-order valence-corrected chi connectivity index (χ0v) is 10.5. The third-order valence-corrected chi connectivity index (χ3v) is 3.25. The van der Waals surface area contributed by atoms with Crippen LogP contribution in [0.4, 0.5) is 11.4 Å². The molecule has 19 heavy (non-hydrogen) atoms. The van der Waals surface area contributed by atoms with E-state index >= 15 is 0 Å². The summed E-state index contributed by atoms with van der Waals surface area (Å²) in [5.41, 5.74) is 5.65. The van der Waals surface area contributed by atoms with Crippen molar-refractivity contribution >= 4 is 17.3 Å². The third-order valence-electron chi connectivity index (χ3n) is 3.25. The number of methoxy groups -OCH3 is 1. The van der Waals surface area contributed by atoms with E-state index < -0.39 is 4.92 Å². The monoisotopic (exact) mass is 265 g/mol. The van der Waals surface area contributed by atoms with Gasteiger partial charge in [0.1, 0.15) is 5.69 Å². The van der Waals surface area contributed by atoms with Crippen molar-refractivity contribution in [3.63, 3.8) is 0 Å². The number of nitrogens with zero attached hydrogens (tertiary/aromatic N) is 1. The molecule has 7 nitrogen and oxygen atoms in total. The van der Waals surface area contributed by atoms with Crippen molar-refractivity contribution in [1.29, 1.82) is 0 Å². The molecule has 1 saturated carbocycles. The molecule has 7 heteroatoms. The lowest BCUT2D eigenvalue weighted by Gasteiger charge is -2.34. The van der Waals surface area contributed by atoms with Crippen LogP contribution in [0.1, 0.15) is 23.2 Å². The second kappa shape index (κ2) is 5.23. The SMILES string of the molecule is COC1CC(NC(=O)c2ccc([N+](=O)[O-])c(N)c2)C1. The van der Waals surface area contributed by atoms with Crippen molar-refractivity contribution in [1.82, 2.24) is 5.32 Å². The lowest BCUT2D eigenvalue weighted by Crippen LogP contribution is -2.47. The Kier molecular flexibility index (Phi) is 3.66. The van der Waals surface area contributed by atoms with Crippen LogP contribution in [0.15, 0.2) is 18.2 Å². The Morgan fingerprint density at radius 3 is 2.74 bits per heavy atom. The van der Waals surface area contributed by atoms with E-state index in [0.717, 1.165) is 12.8 Å². The zero-order chi connectivity index (χ0) is 14.0. The molecule has 102 valence electrons. The fourth-order valence-electron chi connectivity index (χ4n) is 2.01. The fourth-order valence-corrected chi connectivity index (χ4v) is 2.01. The first-order chi connectivity index (χ1) is 9.01. The highest BCUT2D eigenvalue weighted by Crippen LogP contribution is 2.24. The first-order valence-corrected chi connectivity index (χ1v) is 5.89. The summed E-state index contributed by atoms with van der Waals surface area (Å²) in [6, 6.07) is 4.05. The van der Waals surface area contributed by atoms with Gasteiger partial charge in [-0.1, -0.05) is 0 Å². The van der Waals surface area contributed by atoms with Crippen LogP contribution >= 0.6 is 0 Å². The number of nitro groups is 1. The van der Waals surface area contributed by atoms with Crippen LogP contribution in [0, 0.1) is 10.1 Å². The Morgan fingerprint density at radius 2 is 2.21 bits per heavy atom. The molecule has 1 aromatic carbocycles. The number of ether oxygens (including phenoxy) is 1. The topological polar surface area (TPSA) is 107 Å². The molecule has 1 aliphatic rings. The van der Waals surface area contributed by atoms with E-state index in [4.69, 9.17) is 10.5 Å². The number of benzene rings is 1. The van der Waals surface area contributed by atoms with Crippen LogP contribution in [-0.2, 0) is 4.74 Å². The zero-order valence-electron chi connectivity index (χ0n) is 10.5. The minimum absolute atomic E-state index is 0.0129. The summed E-state index contributed by atoms with van der Waals surface area (Å²) in [5, 5.41) is 13.4. The quantitative estimate of drug-likeness (QED) is 0.481. The number of hydrogen-bond acceptors (Lipinski definition) is 5. The van der Waals surface area contributed by atoms with E-state index in [1.54, 1.807) is 7.11 Å². The van der Waals surface area contributed by atoms with Gasteiger partial charge in [0, 0.05) is 24.8 Å². The van der Waals surface area contributed by atoms with Gasteiger partial charge in [0.25, 0.3) is 11.6 Å². The van der Waals surface area contributed by atoms with Gasteiger partial charge >= 0.3 is 0 Å². The molecule has 1 aromatic rings. The average molecular weight is 265 g/mol. The van der Waals surface area contributed by atoms with Crippen molar-refractivity contribution in [2.45, 2.75) is 25.0 Å². The van der Waals surface area contributed by atoms with Gasteiger partial charge in [0.2, 0.25) is 0 Å². The van der Waals surface area contributed by atoms with E-state index in [1.165, 1.54) is 18.2 Å². The molecule has 0 aliphatic heterocycles. The first kappa shape index (κ1) is 13.3. The van der Waals surface area contributed by atoms with Gasteiger partial charge < -0.3 is 15.8 Å². The highest BCUT2D eigenvalue weighted by molar-refractivity contribution is 5.96. The van der Waals surface area contributed by atoms with E-state index in [1.807, 2.05) is 0 Å². The summed E-state index contributed by atoms with van der Waals surface area (Å²) in [5.74, 6) is -0.277. The number of nitrogen functional groups attached to an aromatic ring is 1. The molecule has 0 aromatic heterocycles. The van der Waals surface area contributed by atoms with Crippen molar-refractivity contribution in [3.8, 4) is 0 Å². The number of hydrogen-bond donors (Lipinski definition) is 2. The summed E-state index contributed by atoms with van der Waals surface area (Å²) >= 11 is 0. The smallest absolute Gasteiger partial charge is 0.292 e. The molecule has 0 bridgehead atoms. The number of amides is 1. The Balaban J connectivity index is 2.00. The molecule has 0 atom stereocenters. The van der Waals surface area contributed by atoms with Gasteiger partial charge in [-0.3, -0.25) is 14.9 Å². The average Bonchev–Trinajstić information content (AvgIpc) is 2.32. The van der Waals surface area contributed by atoms with Crippen LogP contribution in [-0.4, -0.2) is 30.1 Å². The second-order valence-electron chi connectivity index (χ2n) is 4.53. The normalized spacial score (nSPS) is 21.5. The van der Waals surface area contributed by atoms with Gasteiger partial charge in [0.15, 0.2) is 0 Å². The largest absolute Gasteiger partial charge is 0.393 e. The number of carbonyl (C=O) groups excluding carboxylic acids is 1. The highest BCUT2D eigenvalue weighted by atomic mass is 16.6. The van der Waals surface area contributed by atoms with E-state index in [9.17, 15) is 14.9 Å². The number of nitrogens with one attached hydrogen (secondary N) is 1. The van der Waals surface area contributed by atoms with Gasteiger partial charge in [-0.25, -0.2) is 0 Å². The summed E-state index contributed by atoms with van der Waals surface area (Å²) in [6.45, 7) is 0. The number of carbonyl (C=O) groups is 1. The van der Waals surface area contributed by atoms with Crippen LogP contribution in [0.25, 0.3) is 0 Å². The lowest BCUT2D eigenvalue weighted by atomic mass is 9.89. The van der Waals surface area contributed by atoms with Gasteiger partial charge in [-0.15, -0.1) is 0 Å². The molecule has 0 saturated heterocycles. The Labute approximate surface area is 109 Å². The van der Waals surface area contributed by atoms with Crippen molar-refractivity contribution < 1.29 is 14.5 Å². The Hall–Kier alpha value is -2.15. The number of rotatable bonds is 4. The lowest BCUT2D eigenvalue weighted by molar-refractivity contribution is -0.383. The molecular formula is C12H15N3O4. The van der Waals surface area contributed by atoms with Crippen molar-refractivity contribution in [3.05, 3.63) is 33.9 Å². The molecular weight excluding hydrogens is 250 g/mol. The first-order valence-electron chi connectivity index (χ1n) is 5.89. The summed E-state index contributed by atoms with van der Waals surface area (Å²) in [6.07, 6.45) is 1.77. The van der Waals surface area contributed by atoms with Crippen molar-refractivity contribution in [2.24, 2.45) is 0 Å². The van der Waals surface area contributed by atoms with E-state index in [-0.39, 0.29) is 29.4 Å². The summed E-state index contributed by atoms with van der Waals surface area (Å²) < 4.78 is 5.12. The molecule has 0 spiro atoms. The second-order valence-corrected chi connectivity index (χ2v) is 4.53. The van der Waals surface area contributed by atoms with Crippen LogP contribution in [0.3, 0.4) is 0 Å². The van der Waals surface area contributed by atoms with Gasteiger partial charge in [-0.05, 0) is 25.0 Å². The maximum atomic E-state index is 11.9. The molecule has 3 N–H and O–H groups in total. The maximum Gasteiger partial charge on any atom is 0.292 e. The summed E-state index contributed by atoms with van der Waals surface area (Å²) in [7, 11) is 1.64. The van der Waals surface area contributed by atoms with Gasteiger partial charge in [-0.2, -0.15) is 0 Å². The summed E-state index contributed by atoms with van der Waals surface area (Å²) in [4.78, 5) is 21.9. The standard InChI is InChI=1S/C12H15N3O4/c1-19-9-5-8(6-9)14-12(16)7-2-3-11(15(17)18)10(13)4-7/h2-4,8-9H,5-6,13H2,1H3,(H,14,16). The van der Waals surface area contributed by atoms with Gasteiger partial charge in [0.05, 0.1) is 11.0 Å². The molecule has 1 aliphatic carbocycles. The minimum atomic E-state index is -0.577. The van der Waals surface area contributed by atoms with Crippen LogP contribution in [0.5, 0.6) is 0 Å². The number of anilines is 1. The fraction of sp³-hybridized carbons (Fsp3) is 0.417. The van der Waals surface area contributed by atoms with E-state index in [0.29, 0.717) is 5.56 Å². The molecule has 2 rings (SSSR count). The maximum absolute atomic E-state index is 11.9. The molecule has 0 heterocycles. The van der Waals surface area contributed by atoms with Crippen LogP contribution < -0.4 is 11.1 Å². The predicted octanol–water partition coefficient (Wildman–Crippen LogP) is 1.08. The highest BCUT2D eigenvalue weighted by Gasteiger charge is 2.30. The molecule has 0 unspecified atom stereocenters. The molecule has 1 fully saturated rings. The Bertz CT molecular complexity index is 512. The predicted molar refractivity (Wildman–Crippen MR) is 68.8 cm³/mol. The van der Waals surface area contributed by atoms with E-state index in [2.05, 4.69) is 5.32 Å². The number of nitro benzene ring substituents is 1. The number of nitrogens with two attached hydrogens (primary N) is 1. The molecule has 1 amide bonds.